The number of phenols is 2. The number of quaternary nitrogens is 2. The van der Waals surface area contributed by atoms with Crippen molar-refractivity contribution in [3.8, 4) is 23.3 Å². The SMILES string of the molecule is N#Cc1ccc(C(NS(=O)(=O)c2cc3c(F)c(F)c(OCC[N+]45CC[N+](CCCNC(=O)c6cccc(O)c6O)(CC4)CC5)c(F)c3s2)P(=O)(O)O)cc1F. The number of amides is 1. The van der Waals surface area contributed by atoms with Crippen LogP contribution < -0.4 is 14.8 Å². The van der Waals surface area contributed by atoms with Gasteiger partial charge in [-0.25, -0.2) is 21.6 Å². The number of fused-ring (bicyclic) bond motifs is 4. The minimum absolute atomic E-state index is 0.0223. The number of carbonyl (C=O) groups excluding carboxylic acids is 1. The second-order valence-corrected chi connectivity index (χ2v) is 18.3. The number of hydrogen-bond donors (Lipinski definition) is 6. The van der Waals surface area contributed by atoms with Crippen molar-refractivity contribution in [1.82, 2.24) is 10.0 Å². The van der Waals surface area contributed by atoms with Gasteiger partial charge in [-0.1, -0.05) is 12.1 Å². The molecule has 0 aliphatic carbocycles. The molecule has 0 radical (unpaired) electrons. The first-order valence-corrected chi connectivity index (χ1v) is 20.9. The van der Waals surface area contributed by atoms with Crippen LogP contribution in [0.2, 0.25) is 0 Å². The maximum atomic E-state index is 15.7. The van der Waals surface area contributed by atoms with Gasteiger partial charge in [0.15, 0.2) is 28.9 Å². The molecule has 1 amide bonds. The summed E-state index contributed by atoms with van der Waals surface area (Å²) in [4.78, 5) is 32.2. The van der Waals surface area contributed by atoms with Gasteiger partial charge in [-0.2, -0.15) is 14.4 Å². The summed E-state index contributed by atoms with van der Waals surface area (Å²) in [5.41, 5.74) is -1.01. The fourth-order valence-corrected chi connectivity index (χ4v) is 11.1. The number of thiophene rings is 1. The Bertz CT molecular complexity index is 2350. The number of halogens is 4. The van der Waals surface area contributed by atoms with Crippen molar-refractivity contribution in [1.29, 1.82) is 5.26 Å². The number of piperazine rings is 3. The van der Waals surface area contributed by atoms with E-state index in [9.17, 15) is 42.2 Å². The topological polar surface area (TPSA) is 206 Å². The number of nitrogens with zero attached hydrogens (tertiary/aromatic N) is 3. The summed E-state index contributed by atoms with van der Waals surface area (Å²) in [5, 5.41) is 30.5. The number of ether oxygens (including phenoxy) is 1. The third-order valence-corrected chi connectivity index (χ3v) is 14.6. The molecule has 3 saturated heterocycles. The van der Waals surface area contributed by atoms with Gasteiger partial charge in [0.05, 0.1) is 22.4 Å². The second kappa shape index (κ2) is 15.3. The van der Waals surface area contributed by atoms with E-state index in [1.807, 2.05) is 0 Å². The number of nitrogens with one attached hydrogen (secondary N) is 2. The molecule has 4 aromatic rings. The molecular formula is C34H36F4N5O9PS2+2. The summed E-state index contributed by atoms with van der Waals surface area (Å²) >= 11 is 0.173. The maximum Gasteiger partial charge on any atom is 0.347 e. The predicted molar refractivity (Wildman–Crippen MR) is 190 cm³/mol. The molecule has 0 saturated carbocycles. The molecule has 4 heterocycles. The molecule has 14 nitrogen and oxygen atoms in total. The summed E-state index contributed by atoms with van der Waals surface area (Å²) in [6.45, 7) is 6.00. The average Bonchev–Trinajstić information content (AvgIpc) is 3.62. The lowest BCUT2D eigenvalue weighted by Crippen LogP contribution is -2.75. The molecule has 21 heteroatoms. The lowest BCUT2D eigenvalue weighted by atomic mass is 10.1. The van der Waals surface area contributed by atoms with Gasteiger partial charge < -0.3 is 39.0 Å². The molecule has 3 aliphatic rings. The monoisotopic (exact) mass is 829 g/mol. The van der Waals surface area contributed by atoms with Gasteiger partial charge in [0.2, 0.25) is 5.82 Å². The van der Waals surface area contributed by atoms with E-state index in [1.54, 1.807) is 4.72 Å². The van der Waals surface area contributed by atoms with Crippen LogP contribution in [0.5, 0.6) is 17.2 Å². The van der Waals surface area contributed by atoms with Gasteiger partial charge >= 0.3 is 7.60 Å². The van der Waals surface area contributed by atoms with Crippen molar-refractivity contribution in [2.75, 3.05) is 65.5 Å². The minimum Gasteiger partial charge on any atom is -0.504 e. The number of nitriles is 1. The molecule has 294 valence electrons. The van der Waals surface area contributed by atoms with Crippen molar-refractivity contribution in [2.24, 2.45) is 0 Å². The van der Waals surface area contributed by atoms with Crippen molar-refractivity contribution in [2.45, 2.75) is 16.4 Å². The average molecular weight is 830 g/mol. The molecule has 3 aromatic carbocycles. The Kier molecular flexibility index (Phi) is 11.2. The number of aromatic hydroxyl groups is 2. The van der Waals surface area contributed by atoms with E-state index >= 15 is 13.2 Å². The highest BCUT2D eigenvalue weighted by molar-refractivity contribution is 7.92. The number of phenolic OH excluding ortho intramolecular Hbond substituents is 2. The molecule has 6 N–H and O–H groups in total. The molecule has 2 bridgehead atoms. The predicted octanol–water partition coefficient (Wildman–Crippen LogP) is 3.76. The van der Waals surface area contributed by atoms with Crippen LogP contribution in [-0.2, 0) is 14.6 Å². The first-order valence-electron chi connectivity index (χ1n) is 16.9. The molecule has 1 unspecified atom stereocenters. The molecule has 7 rings (SSSR count). The van der Waals surface area contributed by atoms with Crippen LogP contribution in [0.25, 0.3) is 10.1 Å². The van der Waals surface area contributed by atoms with E-state index < -0.39 is 89.5 Å². The Hall–Kier alpha value is -4.32. The Morgan fingerprint density at radius 2 is 1.62 bits per heavy atom. The van der Waals surface area contributed by atoms with Crippen LogP contribution in [0.3, 0.4) is 0 Å². The molecule has 1 atom stereocenters. The zero-order valence-corrected chi connectivity index (χ0v) is 31.4. The maximum absolute atomic E-state index is 15.7. The standard InChI is InChI=1S/C34H34F4N5O9PS2/c35-24-17-20(5-6-21(24)19-39)34(53(47,48)49)41-55(50,51)26-18-23-27(36)28(37)31(29(38)32(23)54-26)52-16-15-43-12-9-42(10-13-43,11-14-43)8-2-7-40-33(46)22-3-1-4-25(44)30(22)45/h1,3-6,17-18,34,41H,2,7-16H2,(H3-2,40,44,45,46,47,48,49)/p+2. The van der Waals surface area contributed by atoms with Crippen LogP contribution in [0.1, 0.15) is 33.7 Å². The van der Waals surface area contributed by atoms with Gasteiger partial charge in [0.25, 0.3) is 15.9 Å². The molecule has 3 aliphatic heterocycles. The molecule has 0 spiro atoms. The minimum atomic E-state index is -5.38. The highest BCUT2D eigenvalue weighted by atomic mass is 32.2. The van der Waals surface area contributed by atoms with Crippen LogP contribution >= 0.6 is 18.9 Å². The number of carbonyl (C=O) groups is 1. The van der Waals surface area contributed by atoms with E-state index in [0.29, 0.717) is 36.1 Å². The third kappa shape index (κ3) is 8.16. The van der Waals surface area contributed by atoms with E-state index in [4.69, 9.17) is 10.00 Å². The van der Waals surface area contributed by atoms with Crippen LogP contribution in [-0.4, -0.2) is 109 Å². The number of sulfonamides is 1. The van der Waals surface area contributed by atoms with Crippen LogP contribution in [0.4, 0.5) is 17.6 Å². The van der Waals surface area contributed by atoms with Crippen LogP contribution in [0, 0.1) is 34.6 Å². The fourth-order valence-electron chi connectivity index (χ4n) is 7.08. The summed E-state index contributed by atoms with van der Waals surface area (Å²) in [6, 6.07) is 8.68. The quantitative estimate of drug-likeness (QED) is 0.0271. The summed E-state index contributed by atoms with van der Waals surface area (Å²) in [7, 11) is -10.3. The third-order valence-electron chi connectivity index (χ3n) is 10.3. The summed E-state index contributed by atoms with van der Waals surface area (Å²) in [6.07, 6.45) is 0.671. The second-order valence-electron chi connectivity index (χ2n) is 13.6. The van der Waals surface area contributed by atoms with E-state index in [1.165, 1.54) is 24.3 Å². The van der Waals surface area contributed by atoms with Crippen LogP contribution in [0.15, 0.2) is 46.7 Å². The number of rotatable bonds is 14. The zero-order chi connectivity index (χ0) is 39.9. The van der Waals surface area contributed by atoms with Gasteiger partial charge in [0, 0.05) is 18.4 Å². The highest BCUT2D eigenvalue weighted by Gasteiger charge is 2.48. The molecule has 3 fully saturated rings. The molecule has 1 aromatic heterocycles. The van der Waals surface area contributed by atoms with Crippen molar-refractivity contribution in [3.05, 3.63) is 82.4 Å². The van der Waals surface area contributed by atoms with Gasteiger partial charge in [-0.15, -0.1) is 11.3 Å². The number of hydrogen-bond acceptors (Lipinski definition) is 9. The summed E-state index contributed by atoms with van der Waals surface area (Å²) < 4.78 is 106. The summed E-state index contributed by atoms with van der Waals surface area (Å²) in [5.74, 6) is -10.5. The van der Waals surface area contributed by atoms with Crippen molar-refractivity contribution in [3.63, 3.8) is 0 Å². The number of benzene rings is 3. The van der Waals surface area contributed by atoms with Crippen molar-refractivity contribution >= 4 is 44.9 Å². The van der Waals surface area contributed by atoms with Gasteiger partial charge in [-0.3, -0.25) is 9.36 Å². The van der Waals surface area contributed by atoms with Gasteiger partial charge in [-0.05, 0) is 35.9 Å². The Morgan fingerprint density at radius 3 is 2.24 bits per heavy atom. The zero-order valence-electron chi connectivity index (χ0n) is 28.8. The molecular weight excluding hydrogens is 794 g/mol. The Morgan fingerprint density at radius 1 is 0.964 bits per heavy atom. The first-order chi connectivity index (χ1) is 25.9. The van der Waals surface area contributed by atoms with Gasteiger partial charge in [0.1, 0.15) is 74.3 Å². The van der Waals surface area contributed by atoms with E-state index in [0.717, 1.165) is 62.4 Å². The molecule has 55 heavy (non-hydrogen) atoms. The lowest BCUT2D eigenvalue weighted by molar-refractivity contribution is -1.08. The van der Waals surface area contributed by atoms with E-state index in [-0.39, 0.29) is 29.3 Å². The highest BCUT2D eigenvalue weighted by Crippen LogP contribution is 2.51. The van der Waals surface area contributed by atoms with Crippen molar-refractivity contribution < 1.29 is 69.0 Å². The smallest absolute Gasteiger partial charge is 0.347 e. The normalized spacial score (nSPS) is 20.3. The fraction of sp³-hybridized carbons (Fsp3) is 0.353. The van der Waals surface area contributed by atoms with E-state index in [2.05, 4.69) is 5.32 Å². The lowest BCUT2D eigenvalue weighted by Gasteiger charge is -2.55. The Balaban J connectivity index is 1.08. The first kappa shape index (κ1) is 40.3. The Labute approximate surface area is 316 Å². The number of para-hydroxylation sites is 1. The largest absolute Gasteiger partial charge is 0.504 e.